The molecule has 2 rings (SSSR count). The fourth-order valence-electron chi connectivity index (χ4n) is 1.98. The van der Waals surface area contributed by atoms with Crippen LogP contribution >= 0.6 is 0 Å². The molecule has 19 heavy (non-hydrogen) atoms. The van der Waals surface area contributed by atoms with Gasteiger partial charge >= 0.3 is 5.97 Å². The number of carbonyl (C=O) groups is 1. The van der Waals surface area contributed by atoms with Gasteiger partial charge in [-0.05, 0) is 29.7 Å². The first-order valence-electron chi connectivity index (χ1n) is 6.13. The average Bonchev–Trinajstić information content (AvgIpc) is 2.41. The van der Waals surface area contributed by atoms with Crippen LogP contribution in [0, 0.1) is 5.82 Å². The lowest BCUT2D eigenvalue weighted by Gasteiger charge is -2.09. The van der Waals surface area contributed by atoms with Crippen LogP contribution < -0.4 is 0 Å². The summed E-state index contributed by atoms with van der Waals surface area (Å²) in [5, 5.41) is 9.00. The molecule has 0 aliphatic heterocycles. The third-order valence-electron chi connectivity index (χ3n) is 3.17. The highest BCUT2D eigenvalue weighted by Crippen LogP contribution is 2.19. The van der Waals surface area contributed by atoms with Gasteiger partial charge in [-0.15, -0.1) is 0 Å². The fraction of sp³-hybridized carbons (Fsp3) is 0.188. The van der Waals surface area contributed by atoms with E-state index in [4.69, 9.17) is 5.11 Å². The maximum absolute atomic E-state index is 13.6. The highest BCUT2D eigenvalue weighted by molar-refractivity contribution is 5.75. The Kier molecular flexibility index (Phi) is 3.95. The molecular formula is C16H15FO2. The molecule has 1 atom stereocenters. The molecule has 0 heterocycles. The van der Waals surface area contributed by atoms with Gasteiger partial charge < -0.3 is 5.11 Å². The molecule has 0 bridgehead atoms. The molecule has 0 aromatic heterocycles. The van der Waals surface area contributed by atoms with Crippen molar-refractivity contribution >= 4 is 5.97 Å². The summed E-state index contributed by atoms with van der Waals surface area (Å²) in [6.07, 6.45) is 0.465. The number of carboxylic acids is 1. The summed E-state index contributed by atoms with van der Waals surface area (Å²) in [5.74, 6) is -1.65. The summed E-state index contributed by atoms with van der Waals surface area (Å²) in [4.78, 5) is 11.0. The second-order valence-corrected chi connectivity index (χ2v) is 4.57. The van der Waals surface area contributed by atoms with Crippen LogP contribution in [-0.4, -0.2) is 11.1 Å². The van der Waals surface area contributed by atoms with Gasteiger partial charge in [-0.2, -0.15) is 0 Å². The number of halogens is 1. The van der Waals surface area contributed by atoms with Crippen molar-refractivity contribution in [3.05, 3.63) is 71.0 Å². The summed E-state index contributed by atoms with van der Waals surface area (Å²) in [6.45, 7) is 1.64. The van der Waals surface area contributed by atoms with Gasteiger partial charge in [0.25, 0.3) is 0 Å². The number of hydrogen-bond donors (Lipinski definition) is 1. The molecule has 0 aliphatic rings. The SMILES string of the molecule is CC(C(=O)O)c1cccc(Cc2ccccc2F)c1. The van der Waals surface area contributed by atoms with Crippen LogP contribution in [0.15, 0.2) is 48.5 Å². The third kappa shape index (κ3) is 3.19. The van der Waals surface area contributed by atoms with E-state index in [0.29, 0.717) is 12.0 Å². The largest absolute Gasteiger partial charge is 0.481 e. The first-order valence-corrected chi connectivity index (χ1v) is 6.13. The summed E-state index contributed by atoms with van der Waals surface area (Å²) < 4.78 is 13.6. The molecule has 2 aromatic rings. The summed E-state index contributed by atoms with van der Waals surface area (Å²) >= 11 is 0. The minimum absolute atomic E-state index is 0.237. The van der Waals surface area contributed by atoms with Crippen molar-refractivity contribution in [2.45, 2.75) is 19.3 Å². The van der Waals surface area contributed by atoms with Crippen LogP contribution in [0.2, 0.25) is 0 Å². The van der Waals surface area contributed by atoms with Crippen LogP contribution in [0.25, 0.3) is 0 Å². The molecule has 0 spiro atoms. The topological polar surface area (TPSA) is 37.3 Å². The van der Waals surface area contributed by atoms with E-state index >= 15 is 0 Å². The highest BCUT2D eigenvalue weighted by atomic mass is 19.1. The second kappa shape index (κ2) is 5.65. The maximum atomic E-state index is 13.6. The van der Waals surface area contributed by atoms with Crippen molar-refractivity contribution in [1.29, 1.82) is 0 Å². The molecule has 0 saturated carbocycles. The molecule has 1 unspecified atom stereocenters. The molecule has 0 aliphatic carbocycles. The number of hydrogen-bond acceptors (Lipinski definition) is 1. The molecule has 98 valence electrons. The minimum atomic E-state index is -0.858. The van der Waals surface area contributed by atoms with Gasteiger partial charge in [0.2, 0.25) is 0 Å². The van der Waals surface area contributed by atoms with E-state index in [-0.39, 0.29) is 5.82 Å². The zero-order chi connectivity index (χ0) is 13.8. The Morgan fingerprint density at radius 1 is 1.21 bits per heavy atom. The number of aliphatic carboxylic acids is 1. The number of benzene rings is 2. The van der Waals surface area contributed by atoms with Crippen LogP contribution in [0.3, 0.4) is 0 Å². The third-order valence-corrected chi connectivity index (χ3v) is 3.17. The van der Waals surface area contributed by atoms with E-state index in [2.05, 4.69) is 0 Å². The quantitative estimate of drug-likeness (QED) is 0.909. The molecule has 0 saturated heterocycles. The monoisotopic (exact) mass is 258 g/mol. The van der Waals surface area contributed by atoms with Crippen LogP contribution in [-0.2, 0) is 11.2 Å². The molecule has 0 amide bonds. The van der Waals surface area contributed by atoms with Crippen LogP contribution in [0.1, 0.15) is 29.5 Å². The standard InChI is InChI=1S/C16H15FO2/c1-11(16(18)19)13-7-4-5-12(9-13)10-14-6-2-3-8-15(14)17/h2-9,11H,10H2,1H3,(H,18,19). The van der Waals surface area contributed by atoms with Crippen molar-refractivity contribution in [1.82, 2.24) is 0 Å². The molecule has 1 N–H and O–H groups in total. The van der Waals surface area contributed by atoms with Crippen molar-refractivity contribution in [3.63, 3.8) is 0 Å². The molecular weight excluding hydrogens is 243 g/mol. The maximum Gasteiger partial charge on any atom is 0.310 e. The molecule has 2 nitrogen and oxygen atoms in total. The zero-order valence-corrected chi connectivity index (χ0v) is 10.6. The van der Waals surface area contributed by atoms with Gasteiger partial charge in [0, 0.05) is 6.42 Å². The summed E-state index contributed by atoms with van der Waals surface area (Å²) in [7, 11) is 0. The van der Waals surface area contributed by atoms with E-state index in [0.717, 1.165) is 11.1 Å². The molecule has 0 radical (unpaired) electrons. The molecule has 2 aromatic carbocycles. The Hall–Kier alpha value is -2.16. The van der Waals surface area contributed by atoms with E-state index in [1.165, 1.54) is 6.07 Å². The van der Waals surface area contributed by atoms with Crippen molar-refractivity contribution in [3.8, 4) is 0 Å². The molecule has 3 heteroatoms. The Morgan fingerprint density at radius 2 is 1.95 bits per heavy atom. The Balaban J connectivity index is 2.25. The van der Waals surface area contributed by atoms with Gasteiger partial charge in [0.05, 0.1) is 5.92 Å². The van der Waals surface area contributed by atoms with E-state index in [9.17, 15) is 9.18 Å². The number of carboxylic acid groups (broad SMARTS) is 1. The van der Waals surface area contributed by atoms with E-state index in [1.54, 1.807) is 31.2 Å². The minimum Gasteiger partial charge on any atom is -0.481 e. The predicted octanol–water partition coefficient (Wildman–Crippen LogP) is 3.60. The smallest absolute Gasteiger partial charge is 0.310 e. The van der Waals surface area contributed by atoms with Crippen LogP contribution in [0.5, 0.6) is 0 Å². The normalized spacial score (nSPS) is 12.1. The zero-order valence-electron chi connectivity index (χ0n) is 10.6. The second-order valence-electron chi connectivity index (χ2n) is 4.57. The van der Waals surface area contributed by atoms with Gasteiger partial charge in [0.1, 0.15) is 5.82 Å². The van der Waals surface area contributed by atoms with E-state index in [1.807, 2.05) is 18.2 Å². The Morgan fingerprint density at radius 3 is 2.63 bits per heavy atom. The Labute approximate surface area is 111 Å². The first-order chi connectivity index (χ1) is 9.08. The lowest BCUT2D eigenvalue weighted by atomic mass is 9.96. The first kappa shape index (κ1) is 13.3. The highest BCUT2D eigenvalue weighted by Gasteiger charge is 2.13. The summed E-state index contributed by atoms with van der Waals surface area (Å²) in [5.41, 5.74) is 2.26. The van der Waals surface area contributed by atoms with Crippen molar-refractivity contribution in [2.75, 3.05) is 0 Å². The lowest BCUT2D eigenvalue weighted by Crippen LogP contribution is -2.07. The van der Waals surface area contributed by atoms with Crippen molar-refractivity contribution in [2.24, 2.45) is 0 Å². The lowest BCUT2D eigenvalue weighted by molar-refractivity contribution is -0.138. The predicted molar refractivity (Wildman–Crippen MR) is 71.7 cm³/mol. The van der Waals surface area contributed by atoms with Gasteiger partial charge in [-0.25, -0.2) is 4.39 Å². The van der Waals surface area contributed by atoms with Crippen molar-refractivity contribution < 1.29 is 14.3 Å². The molecule has 0 fully saturated rings. The summed E-state index contributed by atoms with van der Waals surface area (Å²) in [6, 6.07) is 13.9. The van der Waals surface area contributed by atoms with E-state index < -0.39 is 11.9 Å². The van der Waals surface area contributed by atoms with Gasteiger partial charge in [-0.3, -0.25) is 4.79 Å². The average molecular weight is 258 g/mol. The number of rotatable bonds is 4. The van der Waals surface area contributed by atoms with Crippen LogP contribution in [0.4, 0.5) is 4.39 Å². The van der Waals surface area contributed by atoms with Gasteiger partial charge in [-0.1, -0.05) is 42.5 Å². The Bertz CT molecular complexity index is 593. The fourth-order valence-corrected chi connectivity index (χ4v) is 1.98. The van der Waals surface area contributed by atoms with Gasteiger partial charge in [0.15, 0.2) is 0 Å².